The molecule has 0 spiro atoms. The van der Waals surface area contributed by atoms with Crippen LogP contribution in [0.15, 0.2) is 29.6 Å². The standard InChI is InChI=1S/C16H15F2NO3S/c1-22-14-4-5-23-15(14)16(21)19-8-10(20)7-13(19)11-6-9(17)2-3-12(11)18/h2-6,10,13,20H,7-8H2,1H3/t10-,13-/m0/s1. The number of aliphatic hydroxyl groups excluding tert-OH is 1. The zero-order valence-corrected chi connectivity index (χ0v) is 13.1. The molecule has 1 amide bonds. The second kappa shape index (κ2) is 6.25. The van der Waals surface area contributed by atoms with E-state index in [0.29, 0.717) is 10.6 Å². The lowest BCUT2D eigenvalue weighted by Crippen LogP contribution is -2.31. The summed E-state index contributed by atoms with van der Waals surface area (Å²) in [5, 5.41) is 11.6. The predicted octanol–water partition coefficient (Wildman–Crippen LogP) is 2.98. The second-order valence-corrected chi connectivity index (χ2v) is 6.26. The largest absolute Gasteiger partial charge is 0.495 e. The average Bonchev–Trinajstić information content (AvgIpc) is 3.15. The Kier molecular flexibility index (Phi) is 4.32. The molecule has 3 rings (SSSR count). The van der Waals surface area contributed by atoms with Gasteiger partial charge in [-0.2, -0.15) is 0 Å². The van der Waals surface area contributed by atoms with Crippen molar-refractivity contribution in [3.63, 3.8) is 0 Å². The summed E-state index contributed by atoms with van der Waals surface area (Å²) in [7, 11) is 1.46. The number of likely N-dealkylation sites (tertiary alicyclic amines) is 1. The molecule has 0 saturated carbocycles. The molecule has 1 aliphatic heterocycles. The van der Waals surface area contributed by atoms with Gasteiger partial charge in [0, 0.05) is 12.1 Å². The van der Waals surface area contributed by atoms with Gasteiger partial charge in [0.25, 0.3) is 5.91 Å². The summed E-state index contributed by atoms with van der Waals surface area (Å²) in [6.07, 6.45) is -0.614. The van der Waals surface area contributed by atoms with Crippen molar-refractivity contribution >= 4 is 17.2 Å². The van der Waals surface area contributed by atoms with Crippen LogP contribution in [0.25, 0.3) is 0 Å². The van der Waals surface area contributed by atoms with E-state index in [0.717, 1.165) is 18.2 Å². The molecule has 0 radical (unpaired) electrons. The highest BCUT2D eigenvalue weighted by Gasteiger charge is 2.38. The lowest BCUT2D eigenvalue weighted by Gasteiger charge is -2.25. The number of amides is 1. The first-order valence-electron chi connectivity index (χ1n) is 7.06. The van der Waals surface area contributed by atoms with E-state index in [-0.39, 0.29) is 24.4 Å². The van der Waals surface area contributed by atoms with E-state index in [4.69, 9.17) is 4.74 Å². The van der Waals surface area contributed by atoms with Crippen molar-refractivity contribution in [2.24, 2.45) is 0 Å². The molecule has 2 atom stereocenters. The maximum atomic E-state index is 14.1. The summed E-state index contributed by atoms with van der Waals surface area (Å²) in [5.41, 5.74) is 0.0745. The third kappa shape index (κ3) is 2.94. The Balaban J connectivity index is 1.97. The van der Waals surface area contributed by atoms with Crippen molar-refractivity contribution < 1.29 is 23.4 Å². The van der Waals surface area contributed by atoms with Crippen LogP contribution in [0.3, 0.4) is 0 Å². The van der Waals surface area contributed by atoms with Crippen LogP contribution < -0.4 is 4.74 Å². The summed E-state index contributed by atoms with van der Waals surface area (Å²) >= 11 is 1.21. The lowest BCUT2D eigenvalue weighted by atomic mass is 10.0. The van der Waals surface area contributed by atoms with Gasteiger partial charge in [-0.15, -0.1) is 11.3 Å². The van der Waals surface area contributed by atoms with Gasteiger partial charge >= 0.3 is 0 Å². The Labute approximate surface area is 135 Å². The highest BCUT2D eigenvalue weighted by Crippen LogP contribution is 2.37. The topological polar surface area (TPSA) is 49.8 Å². The summed E-state index contributed by atoms with van der Waals surface area (Å²) in [6.45, 7) is 0.0699. The molecule has 1 aromatic heterocycles. The van der Waals surface area contributed by atoms with Crippen LogP contribution in [0.4, 0.5) is 8.78 Å². The molecule has 0 aliphatic carbocycles. The Morgan fingerprint density at radius 3 is 2.91 bits per heavy atom. The number of benzene rings is 1. The molecule has 0 bridgehead atoms. The molecule has 1 fully saturated rings. The van der Waals surface area contributed by atoms with Gasteiger partial charge in [0.1, 0.15) is 22.3 Å². The Hall–Kier alpha value is -1.99. The van der Waals surface area contributed by atoms with E-state index in [9.17, 15) is 18.7 Å². The zero-order chi connectivity index (χ0) is 16.6. The second-order valence-electron chi connectivity index (χ2n) is 5.35. The molecule has 1 aromatic carbocycles. The average molecular weight is 339 g/mol. The summed E-state index contributed by atoms with van der Waals surface area (Å²) in [4.78, 5) is 14.5. The van der Waals surface area contributed by atoms with Crippen molar-refractivity contribution in [3.8, 4) is 5.75 Å². The number of carbonyl (C=O) groups is 1. The monoisotopic (exact) mass is 339 g/mol. The predicted molar refractivity (Wildman–Crippen MR) is 81.6 cm³/mol. The quantitative estimate of drug-likeness (QED) is 0.935. The third-order valence-electron chi connectivity index (χ3n) is 3.90. The number of ether oxygens (including phenoxy) is 1. The van der Waals surface area contributed by atoms with Crippen LogP contribution in [0, 0.1) is 11.6 Å². The van der Waals surface area contributed by atoms with Crippen LogP contribution in [0.1, 0.15) is 27.7 Å². The molecule has 23 heavy (non-hydrogen) atoms. The van der Waals surface area contributed by atoms with Gasteiger partial charge in [0.05, 0.1) is 19.3 Å². The highest BCUT2D eigenvalue weighted by atomic mass is 32.1. The zero-order valence-electron chi connectivity index (χ0n) is 12.3. The van der Waals surface area contributed by atoms with Crippen molar-refractivity contribution in [2.45, 2.75) is 18.6 Å². The number of halogens is 2. The van der Waals surface area contributed by atoms with Gasteiger partial charge in [-0.05, 0) is 36.1 Å². The number of hydrogen-bond donors (Lipinski definition) is 1. The number of aliphatic hydroxyl groups is 1. The molecule has 7 heteroatoms. The summed E-state index contributed by atoms with van der Waals surface area (Å²) in [5.74, 6) is -1.10. The third-order valence-corrected chi connectivity index (χ3v) is 4.78. The van der Waals surface area contributed by atoms with Crippen molar-refractivity contribution in [1.82, 2.24) is 4.90 Å². The van der Waals surface area contributed by atoms with Crippen LogP contribution in [0.2, 0.25) is 0 Å². The number of rotatable bonds is 3. The van der Waals surface area contributed by atoms with E-state index in [2.05, 4.69) is 0 Å². The fourth-order valence-electron chi connectivity index (χ4n) is 2.85. The molecule has 122 valence electrons. The van der Waals surface area contributed by atoms with Gasteiger partial charge in [-0.3, -0.25) is 4.79 Å². The SMILES string of the molecule is COc1ccsc1C(=O)N1C[C@@H](O)C[C@H]1c1cc(F)ccc1F. The number of carbonyl (C=O) groups excluding carboxylic acids is 1. The molecule has 1 N–H and O–H groups in total. The number of β-amino-alcohol motifs (C(OH)–C–C–N with tert-alkyl or cyclic N) is 1. The van der Waals surface area contributed by atoms with Gasteiger partial charge in [-0.1, -0.05) is 0 Å². The molecule has 2 aromatic rings. The van der Waals surface area contributed by atoms with E-state index in [1.807, 2.05) is 0 Å². The minimum absolute atomic E-state index is 0.0699. The molecular formula is C16H15F2NO3S. The van der Waals surface area contributed by atoms with Gasteiger partial charge in [-0.25, -0.2) is 8.78 Å². The van der Waals surface area contributed by atoms with E-state index >= 15 is 0 Å². The molecule has 0 unspecified atom stereocenters. The fourth-order valence-corrected chi connectivity index (χ4v) is 3.66. The maximum absolute atomic E-state index is 14.1. The van der Waals surface area contributed by atoms with Crippen molar-refractivity contribution in [3.05, 3.63) is 51.7 Å². The Bertz CT molecular complexity index is 734. The Morgan fingerprint density at radius 1 is 1.39 bits per heavy atom. The van der Waals surface area contributed by atoms with E-state index in [1.165, 1.54) is 23.3 Å². The molecule has 2 heterocycles. The Morgan fingerprint density at radius 2 is 2.17 bits per heavy atom. The smallest absolute Gasteiger partial charge is 0.268 e. The maximum Gasteiger partial charge on any atom is 0.268 e. The summed E-state index contributed by atoms with van der Waals surface area (Å²) in [6, 6.07) is 4.09. The molecule has 1 saturated heterocycles. The molecule has 1 aliphatic rings. The first kappa shape index (κ1) is 15.9. The van der Waals surface area contributed by atoms with E-state index in [1.54, 1.807) is 11.4 Å². The fraction of sp³-hybridized carbons (Fsp3) is 0.312. The van der Waals surface area contributed by atoms with Gasteiger partial charge in [0.15, 0.2) is 0 Å². The molecule has 4 nitrogen and oxygen atoms in total. The number of nitrogens with zero attached hydrogens (tertiary/aromatic N) is 1. The van der Waals surface area contributed by atoms with Crippen LogP contribution >= 0.6 is 11.3 Å². The summed E-state index contributed by atoms with van der Waals surface area (Å²) < 4.78 is 32.7. The van der Waals surface area contributed by atoms with Crippen LogP contribution in [-0.4, -0.2) is 35.7 Å². The normalized spacial score (nSPS) is 20.8. The van der Waals surface area contributed by atoms with Gasteiger partial charge in [0.2, 0.25) is 0 Å². The van der Waals surface area contributed by atoms with Crippen LogP contribution in [-0.2, 0) is 0 Å². The van der Waals surface area contributed by atoms with E-state index < -0.39 is 23.8 Å². The number of thiophene rings is 1. The molecular weight excluding hydrogens is 324 g/mol. The first-order valence-corrected chi connectivity index (χ1v) is 7.94. The highest BCUT2D eigenvalue weighted by molar-refractivity contribution is 7.12. The van der Waals surface area contributed by atoms with Crippen molar-refractivity contribution in [1.29, 1.82) is 0 Å². The minimum atomic E-state index is -0.780. The van der Waals surface area contributed by atoms with Crippen LogP contribution in [0.5, 0.6) is 5.75 Å². The van der Waals surface area contributed by atoms with Crippen molar-refractivity contribution in [2.75, 3.05) is 13.7 Å². The first-order chi connectivity index (χ1) is 11.0. The number of methoxy groups -OCH3 is 1. The number of hydrogen-bond acceptors (Lipinski definition) is 4. The lowest BCUT2D eigenvalue weighted by molar-refractivity contribution is 0.0715. The van der Waals surface area contributed by atoms with Gasteiger partial charge < -0.3 is 14.7 Å². The minimum Gasteiger partial charge on any atom is -0.495 e.